The second kappa shape index (κ2) is 8.49. The van der Waals surface area contributed by atoms with E-state index < -0.39 is 0 Å². The summed E-state index contributed by atoms with van der Waals surface area (Å²) >= 11 is 0. The molecule has 1 atom stereocenters. The molecule has 1 heterocycles. The fraction of sp³-hybridized carbons (Fsp3) is 0.632. The average molecular weight is 332 g/mol. The van der Waals surface area contributed by atoms with Crippen LogP contribution in [0, 0.1) is 0 Å². The summed E-state index contributed by atoms with van der Waals surface area (Å²) in [4.78, 5) is 16.8. The molecule has 1 aliphatic heterocycles. The second-order valence-corrected chi connectivity index (χ2v) is 6.83. The molecule has 1 aromatic rings. The van der Waals surface area contributed by atoms with Crippen molar-refractivity contribution in [2.24, 2.45) is 0 Å². The molecule has 1 aliphatic carbocycles. The van der Waals surface area contributed by atoms with Gasteiger partial charge in [0.1, 0.15) is 6.61 Å². The number of hydrogen-bond donors (Lipinski definition) is 1. The third-order valence-corrected chi connectivity index (χ3v) is 4.96. The van der Waals surface area contributed by atoms with Gasteiger partial charge in [-0.05, 0) is 37.7 Å². The Labute approximate surface area is 144 Å². The number of aliphatic hydroxyl groups excluding tert-OH is 1. The van der Waals surface area contributed by atoms with E-state index in [-0.39, 0.29) is 18.7 Å². The zero-order valence-corrected chi connectivity index (χ0v) is 14.3. The summed E-state index contributed by atoms with van der Waals surface area (Å²) in [5.74, 6) is 0. The molecule has 1 saturated carbocycles. The number of piperidine rings is 1. The van der Waals surface area contributed by atoms with Crippen LogP contribution in [0.3, 0.4) is 0 Å². The van der Waals surface area contributed by atoms with Crippen LogP contribution in [-0.4, -0.2) is 59.3 Å². The predicted molar refractivity (Wildman–Crippen MR) is 92.7 cm³/mol. The van der Waals surface area contributed by atoms with Crippen LogP contribution in [-0.2, 0) is 11.3 Å². The number of rotatable bonds is 7. The number of aliphatic hydroxyl groups is 1. The SMILES string of the molecule is O=C(OCc1ccccc1)N1CCCC[C@H]1CN(CCO)C1CC1. The Kier molecular flexibility index (Phi) is 6.10. The summed E-state index contributed by atoms with van der Waals surface area (Å²) in [5, 5.41) is 9.28. The van der Waals surface area contributed by atoms with Crippen molar-refractivity contribution >= 4 is 6.09 Å². The highest BCUT2D eigenvalue weighted by Gasteiger charge is 2.34. The molecular weight excluding hydrogens is 304 g/mol. The van der Waals surface area contributed by atoms with Gasteiger partial charge in [0.05, 0.1) is 6.61 Å². The molecule has 0 unspecified atom stereocenters. The summed E-state index contributed by atoms with van der Waals surface area (Å²) in [7, 11) is 0. The van der Waals surface area contributed by atoms with E-state index in [1.807, 2.05) is 35.2 Å². The highest BCUT2D eigenvalue weighted by molar-refractivity contribution is 5.68. The number of amides is 1. The maximum atomic E-state index is 12.5. The third-order valence-electron chi connectivity index (χ3n) is 4.96. The molecular formula is C19H28N2O3. The fourth-order valence-electron chi connectivity index (χ4n) is 3.49. The molecule has 1 amide bonds. The summed E-state index contributed by atoms with van der Waals surface area (Å²) in [6, 6.07) is 10.6. The van der Waals surface area contributed by atoms with Crippen molar-refractivity contribution in [2.75, 3.05) is 26.2 Å². The number of likely N-dealkylation sites (tertiary alicyclic amines) is 1. The normalized spacial score (nSPS) is 21.1. The van der Waals surface area contributed by atoms with E-state index in [1.165, 1.54) is 12.8 Å². The fourth-order valence-corrected chi connectivity index (χ4v) is 3.49. The van der Waals surface area contributed by atoms with Crippen molar-refractivity contribution in [3.8, 4) is 0 Å². The molecule has 0 radical (unpaired) electrons. The third kappa shape index (κ3) is 4.71. The van der Waals surface area contributed by atoms with Crippen molar-refractivity contribution in [3.05, 3.63) is 35.9 Å². The van der Waals surface area contributed by atoms with Crippen molar-refractivity contribution in [3.63, 3.8) is 0 Å². The van der Waals surface area contributed by atoms with Crippen LogP contribution in [0.4, 0.5) is 4.79 Å². The molecule has 5 nitrogen and oxygen atoms in total. The van der Waals surface area contributed by atoms with E-state index in [1.54, 1.807) is 0 Å². The maximum absolute atomic E-state index is 12.5. The van der Waals surface area contributed by atoms with Crippen molar-refractivity contribution in [1.29, 1.82) is 0 Å². The Balaban J connectivity index is 1.55. The highest BCUT2D eigenvalue weighted by Crippen LogP contribution is 2.28. The van der Waals surface area contributed by atoms with Gasteiger partial charge in [-0.3, -0.25) is 4.90 Å². The molecule has 0 bridgehead atoms. The van der Waals surface area contributed by atoms with E-state index in [0.717, 1.165) is 37.9 Å². The van der Waals surface area contributed by atoms with E-state index in [4.69, 9.17) is 4.74 Å². The first kappa shape index (κ1) is 17.2. The van der Waals surface area contributed by atoms with Crippen molar-refractivity contribution in [1.82, 2.24) is 9.80 Å². The number of carbonyl (C=O) groups excluding carboxylic acids is 1. The molecule has 2 fully saturated rings. The van der Waals surface area contributed by atoms with E-state index in [9.17, 15) is 9.90 Å². The Bertz CT molecular complexity index is 519. The van der Waals surface area contributed by atoms with Gasteiger partial charge < -0.3 is 14.7 Å². The molecule has 0 aromatic heterocycles. The molecule has 5 heteroatoms. The summed E-state index contributed by atoms with van der Waals surface area (Å²) in [6.07, 6.45) is 5.44. The lowest BCUT2D eigenvalue weighted by atomic mass is 10.0. The molecule has 3 rings (SSSR count). The lowest BCUT2D eigenvalue weighted by Gasteiger charge is -2.38. The monoisotopic (exact) mass is 332 g/mol. The van der Waals surface area contributed by atoms with E-state index in [2.05, 4.69) is 4.90 Å². The van der Waals surface area contributed by atoms with Crippen molar-refractivity contribution in [2.45, 2.75) is 50.8 Å². The predicted octanol–water partition coefficient (Wildman–Crippen LogP) is 2.63. The second-order valence-electron chi connectivity index (χ2n) is 6.83. The van der Waals surface area contributed by atoms with Gasteiger partial charge in [0.15, 0.2) is 0 Å². The first-order valence-electron chi connectivity index (χ1n) is 9.10. The first-order chi connectivity index (χ1) is 11.8. The number of nitrogens with zero attached hydrogens (tertiary/aromatic N) is 2. The molecule has 24 heavy (non-hydrogen) atoms. The van der Waals surface area contributed by atoms with Crippen molar-refractivity contribution < 1.29 is 14.6 Å². The van der Waals surface area contributed by atoms with Crippen LogP contribution < -0.4 is 0 Å². The van der Waals surface area contributed by atoms with Crippen LogP contribution in [0.25, 0.3) is 0 Å². The minimum atomic E-state index is -0.205. The lowest BCUT2D eigenvalue weighted by Crippen LogP contribution is -2.50. The Hall–Kier alpha value is -1.59. The van der Waals surface area contributed by atoms with Gasteiger partial charge >= 0.3 is 6.09 Å². The standard InChI is InChI=1S/C19H28N2O3/c22-13-12-20(17-9-10-17)14-18-8-4-5-11-21(18)19(23)24-15-16-6-2-1-3-7-16/h1-3,6-7,17-18,22H,4-5,8-15H2/t18-/m0/s1. The van der Waals surface area contributed by atoms with Crippen LogP contribution >= 0.6 is 0 Å². The summed E-state index contributed by atoms with van der Waals surface area (Å²) in [6.45, 7) is 2.84. The maximum Gasteiger partial charge on any atom is 0.410 e. The topological polar surface area (TPSA) is 53.0 Å². The van der Waals surface area contributed by atoms with Crippen LogP contribution in [0.15, 0.2) is 30.3 Å². The molecule has 1 N–H and O–H groups in total. The number of carbonyl (C=O) groups is 1. The average Bonchev–Trinajstić information content (AvgIpc) is 3.46. The Morgan fingerprint density at radius 2 is 2.00 bits per heavy atom. The minimum Gasteiger partial charge on any atom is -0.445 e. The van der Waals surface area contributed by atoms with Gasteiger partial charge in [0.2, 0.25) is 0 Å². The van der Waals surface area contributed by atoms with Gasteiger partial charge in [-0.2, -0.15) is 0 Å². The number of benzene rings is 1. The van der Waals surface area contributed by atoms with Gasteiger partial charge in [-0.1, -0.05) is 30.3 Å². The van der Waals surface area contributed by atoms with Gasteiger partial charge in [0.25, 0.3) is 0 Å². The largest absolute Gasteiger partial charge is 0.445 e. The van der Waals surface area contributed by atoms with Crippen LogP contribution in [0.2, 0.25) is 0 Å². The van der Waals surface area contributed by atoms with E-state index in [0.29, 0.717) is 19.2 Å². The quantitative estimate of drug-likeness (QED) is 0.834. The zero-order valence-electron chi connectivity index (χ0n) is 14.3. The molecule has 1 aromatic carbocycles. The first-order valence-corrected chi connectivity index (χ1v) is 9.10. The zero-order chi connectivity index (χ0) is 16.8. The lowest BCUT2D eigenvalue weighted by molar-refractivity contribution is 0.0527. The highest BCUT2D eigenvalue weighted by atomic mass is 16.6. The van der Waals surface area contributed by atoms with Crippen LogP contribution in [0.1, 0.15) is 37.7 Å². The van der Waals surface area contributed by atoms with Gasteiger partial charge in [-0.25, -0.2) is 4.79 Å². The minimum absolute atomic E-state index is 0.182. The molecule has 132 valence electrons. The van der Waals surface area contributed by atoms with Gasteiger partial charge in [-0.15, -0.1) is 0 Å². The Morgan fingerprint density at radius 1 is 1.21 bits per heavy atom. The number of hydrogen-bond acceptors (Lipinski definition) is 4. The molecule has 0 spiro atoms. The van der Waals surface area contributed by atoms with E-state index >= 15 is 0 Å². The Morgan fingerprint density at radius 3 is 2.71 bits per heavy atom. The molecule has 2 aliphatic rings. The van der Waals surface area contributed by atoms with Crippen LogP contribution in [0.5, 0.6) is 0 Å². The summed E-state index contributed by atoms with van der Waals surface area (Å²) in [5.41, 5.74) is 1.01. The van der Waals surface area contributed by atoms with Gasteiger partial charge in [0, 0.05) is 31.7 Å². The number of ether oxygens (including phenoxy) is 1. The smallest absolute Gasteiger partial charge is 0.410 e. The summed E-state index contributed by atoms with van der Waals surface area (Å²) < 4.78 is 5.53. The molecule has 1 saturated heterocycles.